The molecule has 1 aromatic carbocycles. The monoisotopic (exact) mass is 279 g/mol. The zero-order chi connectivity index (χ0) is 14.4. The Morgan fingerprint density at radius 1 is 1.30 bits per heavy atom. The van der Waals surface area contributed by atoms with Gasteiger partial charge in [0.25, 0.3) is 0 Å². The third-order valence-corrected chi connectivity index (χ3v) is 3.75. The smallest absolute Gasteiger partial charge is 0.124 e. The van der Waals surface area contributed by atoms with E-state index >= 15 is 0 Å². The fourth-order valence-electron chi connectivity index (χ4n) is 2.34. The predicted octanol–water partition coefficient (Wildman–Crippen LogP) is 1.84. The zero-order valence-electron chi connectivity index (χ0n) is 12.1. The molecule has 0 spiro atoms. The van der Waals surface area contributed by atoms with Crippen LogP contribution >= 0.6 is 0 Å². The van der Waals surface area contributed by atoms with Crippen molar-refractivity contribution in [3.8, 4) is 5.75 Å². The first-order valence-electron chi connectivity index (χ1n) is 7.37. The van der Waals surface area contributed by atoms with Crippen LogP contribution in [0, 0.1) is 0 Å². The number of para-hydroxylation sites is 1. The second-order valence-corrected chi connectivity index (χ2v) is 5.86. The molecule has 3 N–H and O–H groups in total. The van der Waals surface area contributed by atoms with Gasteiger partial charge in [-0.05, 0) is 38.7 Å². The molecule has 2 rings (SSSR count). The molecule has 0 radical (unpaired) electrons. The van der Waals surface area contributed by atoms with Crippen LogP contribution in [-0.2, 0) is 6.61 Å². The predicted molar refractivity (Wildman–Crippen MR) is 78.7 cm³/mol. The van der Waals surface area contributed by atoms with Gasteiger partial charge >= 0.3 is 0 Å². The first-order chi connectivity index (χ1) is 9.67. The van der Waals surface area contributed by atoms with Gasteiger partial charge in [0.05, 0.1) is 19.8 Å². The maximum absolute atomic E-state index is 9.52. The molecule has 1 aliphatic rings. The Hall–Kier alpha value is -1.10. The highest BCUT2D eigenvalue weighted by Gasteiger charge is 2.31. The second-order valence-electron chi connectivity index (χ2n) is 5.86. The lowest BCUT2D eigenvalue weighted by Gasteiger charge is -2.29. The topological polar surface area (TPSA) is 61.7 Å². The lowest BCUT2D eigenvalue weighted by atomic mass is 9.97. The van der Waals surface area contributed by atoms with E-state index in [1.54, 1.807) is 0 Å². The molecular weight excluding hydrogens is 254 g/mol. The van der Waals surface area contributed by atoms with Crippen LogP contribution in [0.15, 0.2) is 24.3 Å². The van der Waals surface area contributed by atoms with Gasteiger partial charge in [-0.25, -0.2) is 0 Å². The van der Waals surface area contributed by atoms with Crippen LogP contribution in [0.2, 0.25) is 0 Å². The van der Waals surface area contributed by atoms with Crippen LogP contribution in [0.4, 0.5) is 0 Å². The van der Waals surface area contributed by atoms with Gasteiger partial charge in [-0.15, -0.1) is 0 Å². The Bertz CT molecular complexity index is 420. The lowest BCUT2D eigenvalue weighted by Crippen LogP contribution is -2.47. The minimum Gasteiger partial charge on any atom is -0.493 e. The van der Waals surface area contributed by atoms with Crippen LogP contribution in [0.25, 0.3) is 0 Å². The van der Waals surface area contributed by atoms with E-state index in [0.29, 0.717) is 12.6 Å². The molecule has 0 saturated heterocycles. The van der Waals surface area contributed by atoms with Gasteiger partial charge in [-0.2, -0.15) is 0 Å². The second kappa shape index (κ2) is 7.07. The van der Waals surface area contributed by atoms with Crippen molar-refractivity contribution in [3.63, 3.8) is 0 Å². The fourth-order valence-corrected chi connectivity index (χ4v) is 2.34. The molecule has 4 nitrogen and oxygen atoms in total. The molecule has 20 heavy (non-hydrogen) atoms. The molecule has 4 heteroatoms. The maximum atomic E-state index is 9.52. The molecular formula is C16H25NO3. The van der Waals surface area contributed by atoms with Crippen molar-refractivity contribution < 1.29 is 14.9 Å². The van der Waals surface area contributed by atoms with E-state index < -0.39 is 0 Å². The van der Waals surface area contributed by atoms with Gasteiger partial charge in [0.1, 0.15) is 5.75 Å². The number of aliphatic hydroxyl groups is 2. The average molecular weight is 279 g/mol. The van der Waals surface area contributed by atoms with Crippen molar-refractivity contribution in [2.75, 3.05) is 13.2 Å². The zero-order valence-corrected chi connectivity index (χ0v) is 12.1. The lowest BCUT2D eigenvalue weighted by molar-refractivity contribution is 0.154. The summed E-state index contributed by atoms with van der Waals surface area (Å²) in [5.41, 5.74) is 0.606. The van der Waals surface area contributed by atoms with Gasteiger partial charge in [0, 0.05) is 17.1 Å². The van der Waals surface area contributed by atoms with Gasteiger partial charge in [-0.3, -0.25) is 0 Å². The number of aliphatic hydroxyl groups excluding tert-OH is 2. The van der Waals surface area contributed by atoms with Crippen LogP contribution < -0.4 is 10.1 Å². The summed E-state index contributed by atoms with van der Waals surface area (Å²) in [5, 5.41) is 22.2. The molecule has 0 bridgehead atoms. The normalized spacial score (nSPS) is 17.8. The molecule has 0 amide bonds. The number of hydrogen-bond donors (Lipinski definition) is 3. The molecule has 0 aromatic heterocycles. The summed E-state index contributed by atoms with van der Waals surface area (Å²) in [4.78, 5) is 0. The third-order valence-electron chi connectivity index (χ3n) is 3.75. The average Bonchev–Trinajstić information content (AvgIpc) is 3.28. The van der Waals surface area contributed by atoms with Gasteiger partial charge in [0.2, 0.25) is 0 Å². The highest BCUT2D eigenvalue weighted by Crippen LogP contribution is 2.25. The van der Waals surface area contributed by atoms with Crippen molar-refractivity contribution in [2.45, 2.75) is 50.8 Å². The number of benzene rings is 1. The highest BCUT2D eigenvalue weighted by atomic mass is 16.5. The van der Waals surface area contributed by atoms with E-state index in [-0.39, 0.29) is 18.8 Å². The van der Waals surface area contributed by atoms with E-state index in [2.05, 4.69) is 12.2 Å². The van der Waals surface area contributed by atoms with Crippen LogP contribution in [0.5, 0.6) is 5.75 Å². The highest BCUT2D eigenvalue weighted by molar-refractivity contribution is 5.32. The first kappa shape index (κ1) is 15.3. The summed E-state index contributed by atoms with van der Waals surface area (Å²) in [6, 6.07) is 8.12. The van der Waals surface area contributed by atoms with Crippen LogP contribution in [-0.4, -0.2) is 35.0 Å². The fraction of sp³-hybridized carbons (Fsp3) is 0.625. The minimum atomic E-state index is -0.207. The van der Waals surface area contributed by atoms with E-state index in [9.17, 15) is 10.2 Å². The Morgan fingerprint density at radius 3 is 2.70 bits per heavy atom. The van der Waals surface area contributed by atoms with E-state index in [4.69, 9.17) is 4.74 Å². The molecule has 112 valence electrons. The standard InChI is InChI=1S/C16H25NO3/c1-16(12-19,17-14-7-8-14)9-4-10-20-15-6-3-2-5-13(15)11-18/h2-3,5-6,14,17-19H,4,7-12H2,1H3. The quantitative estimate of drug-likeness (QED) is 0.604. The van der Waals surface area contributed by atoms with Crippen molar-refractivity contribution >= 4 is 0 Å². The van der Waals surface area contributed by atoms with Crippen molar-refractivity contribution in [1.29, 1.82) is 0 Å². The molecule has 1 fully saturated rings. The third kappa shape index (κ3) is 4.47. The molecule has 1 saturated carbocycles. The Kier molecular flexibility index (Phi) is 5.40. The molecule has 0 aliphatic heterocycles. The van der Waals surface area contributed by atoms with E-state index in [1.165, 1.54) is 12.8 Å². The largest absolute Gasteiger partial charge is 0.493 e. The van der Waals surface area contributed by atoms with Crippen LogP contribution in [0.1, 0.15) is 38.2 Å². The Morgan fingerprint density at radius 2 is 2.05 bits per heavy atom. The number of rotatable bonds is 9. The van der Waals surface area contributed by atoms with E-state index in [1.807, 2.05) is 24.3 Å². The summed E-state index contributed by atoms with van der Waals surface area (Å²) < 4.78 is 5.72. The molecule has 1 atom stereocenters. The molecule has 0 heterocycles. The molecule has 1 unspecified atom stereocenters. The first-order valence-corrected chi connectivity index (χ1v) is 7.37. The summed E-state index contributed by atoms with van der Waals surface area (Å²) >= 11 is 0. The number of nitrogens with one attached hydrogen (secondary N) is 1. The van der Waals surface area contributed by atoms with Gasteiger partial charge in [0.15, 0.2) is 0 Å². The van der Waals surface area contributed by atoms with Crippen molar-refractivity contribution in [3.05, 3.63) is 29.8 Å². The number of ether oxygens (including phenoxy) is 1. The summed E-state index contributed by atoms with van der Waals surface area (Å²) in [7, 11) is 0. The van der Waals surface area contributed by atoms with Crippen LogP contribution in [0.3, 0.4) is 0 Å². The Balaban J connectivity index is 1.74. The van der Waals surface area contributed by atoms with Gasteiger partial charge in [-0.1, -0.05) is 18.2 Å². The number of hydrogen-bond acceptors (Lipinski definition) is 4. The molecule has 1 aliphatic carbocycles. The van der Waals surface area contributed by atoms with Gasteiger partial charge < -0.3 is 20.3 Å². The maximum Gasteiger partial charge on any atom is 0.124 e. The SMILES string of the molecule is CC(CO)(CCCOc1ccccc1CO)NC1CC1. The summed E-state index contributed by atoms with van der Waals surface area (Å²) in [6.07, 6.45) is 4.18. The van der Waals surface area contributed by atoms with E-state index in [0.717, 1.165) is 24.2 Å². The summed E-state index contributed by atoms with van der Waals surface area (Å²) in [5.74, 6) is 0.746. The summed E-state index contributed by atoms with van der Waals surface area (Å²) in [6.45, 7) is 2.80. The minimum absolute atomic E-state index is 0.00619. The molecule has 1 aromatic rings. The Labute approximate surface area is 120 Å². The van der Waals surface area contributed by atoms with Crippen molar-refractivity contribution in [2.24, 2.45) is 0 Å². The van der Waals surface area contributed by atoms with Crippen molar-refractivity contribution in [1.82, 2.24) is 5.32 Å².